The van der Waals surface area contributed by atoms with Crippen molar-refractivity contribution in [3.63, 3.8) is 0 Å². The number of benzene rings is 3. The number of nitrogens with zero attached hydrogens (tertiary/aromatic N) is 1. The van der Waals surface area contributed by atoms with Crippen LogP contribution in [0.4, 0.5) is 5.69 Å². The number of hydrogen-bond acceptors (Lipinski definition) is 7. The van der Waals surface area contributed by atoms with E-state index in [-0.39, 0.29) is 23.5 Å². The Morgan fingerprint density at radius 1 is 0.895 bits per heavy atom. The Morgan fingerprint density at radius 3 is 2.24 bits per heavy atom. The first kappa shape index (κ1) is 25.2. The van der Waals surface area contributed by atoms with Crippen molar-refractivity contribution in [2.45, 2.75) is 32.2 Å². The van der Waals surface area contributed by atoms with E-state index in [0.29, 0.717) is 39.8 Å². The van der Waals surface area contributed by atoms with Crippen molar-refractivity contribution >= 4 is 23.1 Å². The molecule has 8 heteroatoms. The molecule has 2 aliphatic heterocycles. The van der Waals surface area contributed by atoms with Crippen LogP contribution in [0.1, 0.15) is 43.5 Å². The van der Waals surface area contributed by atoms with Gasteiger partial charge in [0.2, 0.25) is 6.79 Å². The van der Waals surface area contributed by atoms with Gasteiger partial charge < -0.3 is 24.1 Å². The van der Waals surface area contributed by atoms with Crippen LogP contribution in [0.5, 0.6) is 23.0 Å². The second kappa shape index (κ2) is 9.45. The number of hydrogen-bond donors (Lipinski definition) is 1. The van der Waals surface area contributed by atoms with E-state index in [9.17, 15) is 14.7 Å². The number of anilines is 1. The summed E-state index contributed by atoms with van der Waals surface area (Å²) in [7, 11) is 2.99. The smallest absolute Gasteiger partial charge is 0.300 e. The summed E-state index contributed by atoms with van der Waals surface area (Å²) in [6.45, 7) is 6.40. The van der Waals surface area contributed by atoms with Crippen molar-refractivity contribution in [3.05, 3.63) is 82.9 Å². The molecule has 0 aromatic heterocycles. The molecule has 1 saturated heterocycles. The van der Waals surface area contributed by atoms with Gasteiger partial charge in [0.1, 0.15) is 5.76 Å². The van der Waals surface area contributed by atoms with Crippen molar-refractivity contribution < 1.29 is 33.6 Å². The summed E-state index contributed by atoms with van der Waals surface area (Å²) in [4.78, 5) is 28.4. The molecule has 3 aromatic carbocycles. The summed E-state index contributed by atoms with van der Waals surface area (Å²) in [6.07, 6.45) is 0. The number of fused-ring (bicyclic) bond motifs is 1. The molecule has 1 N–H and O–H groups in total. The molecule has 1 unspecified atom stereocenters. The summed E-state index contributed by atoms with van der Waals surface area (Å²) < 4.78 is 21.6. The average Bonchev–Trinajstić information content (AvgIpc) is 3.49. The number of ketones is 1. The highest BCUT2D eigenvalue weighted by Gasteiger charge is 2.47. The van der Waals surface area contributed by atoms with E-state index >= 15 is 0 Å². The molecule has 1 atom stereocenters. The number of aliphatic hydroxyl groups excluding tert-OH is 1. The number of carbonyl (C=O) groups excluding carboxylic acids is 2. The van der Waals surface area contributed by atoms with Gasteiger partial charge in [0.05, 0.1) is 25.8 Å². The quantitative estimate of drug-likeness (QED) is 0.278. The normalized spacial score (nSPS) is 18.1. The molecule has 3 aromatic rings. The molecule has 0 saturated carbocycles. The lowest BCUT2D eigenvalue weighted by Crippen LogP contribution is -2.29. The molecule has 8 nitrogen and oxygen atoms in total. The lowest BCUT2D eigenvalue weighted by Gasteiger charge is -2.27. The van der Waals surface area contributed by atoms with Crippen LogP contribution in [0.2, 0.25) is 0 Å². The second-order valence-electron chi connectivity index (χ2n) is 10.1. The zero-order chi connectivity index (χ0) is 27.2. The monoisotopic (exact) mass is 515 g/mol. The number of amides is 1. The van der Waals surface area contributed by atoms with Gasteiger partial charge in [0.15, 0.2) is 23.0 Å². The first-order valence-electron chi connectivity index (χ1n) is 12.2. The van der Waals surface area contributed by atoms with E-state index < -0.39 is 17.7 Å². The molecule has 0 spiro atoms. The standard InChI is InChI=1S/C30H29NO7/c1-30(2,3)19-9-6-17(7-10-19)26-25(27(32)18-8-12-21(35-4)23(14-18)36-5)28(33)29(34)31(26)20-11-13-22-24(15-20)38-16-37-22/h6-15,26,32H,16H2,1-5H3/b27-25+. The molecule has 1 amide bonds. The zero-order valence-electron chi connectivity index (χ0n) is 21.9. The molecule has 2 aliphatic rings. The molecular weight excluding hydrogens is 486 g/mol. The highest BCUT2D eigenvalue weighted by molar-refractivity contribution is 6.51. The van der Waals surface area contributed by atoms with Crippen LogP contribution < -0.4 is 23.8 Å². The highest BCUT2D eigenvalue weighted by Crippen LogP contribution is 2.45. The Bertz CT molecular complexity index is 1450. The van der Waals surface area contributed by atoms with Gasteiger partial charge in [-0.3, -0.25) is 14.5 Å². The third-order valence-corrected chi connectivity index (χ3v) is 6.83. The summed E-state index contributed by atoms with van der Waals surface area (Å²) in [5, 5.41) is 11.5. The van der Waals surface area contributed by atoms with Gasteiger partial charge in [0, 0.05) is 17.3 Å². The van der Waals surface area contributed by atoms with Crippen LogP contribution in [0, 0.1) is 0 Å². The molecule has 0 bridgehead atoms. The molecular formula is C30H29NO7. The minimum absolute atomic E-state index is 0.0246. The minimum atomic E-state index is -0.877. The number of carbonyl (C=O) groups is 2. The van der Waals surface area contributed by atoms with E-state index in [1.54, 1.807) is 36.4 Å². The number of Topliss-reactive ketones (excluding diaryl/α,β-unsaturated/α-hetero) is 1. The van der Waals surface area contributed by atoms with Gasteiger partial charge in [-0.2, -0.15) is 0 Å². The highest BCUT2D eigenvalue weighted by atomic mass is 16.7. The molecule has 0 aliphatic carbocycles. The van der Waals surface area contributed by atoms with Crippen LogP contribution in [-0.4, -0.2) is 37.8 Å². The van der Waals surface area contributed by atoms with E-state index in [1.807, 2.05) is 24.3 Å². The lowest BCUT2D eigenvalue weighted by atomic mass is 9.85. The minimum Gasteiger partial charge on any atom is -0.507 e. The van der Waals surface area contributed by atoms with Crippen molar-refractivity contribution in [2.75, 3.05) is 25.9 Å². The SMILES string of the molecule is COc1ccc(/C(O)=C2\C(=O)C(=O)N(c3ccc4c(c3)OCO4)C2c2ccc(C(C)(C)C)cc2)cc1OC. The average molecular weight is 516 g/mol. The first-order chi connectivity index (χ1) is 18.1. The fraction of sp³-hybridized carbons (Fsp3) is 0.267. The fourth-order valence-corrected chi connectivity index (χ4v) is 4.75. The third kappa shape index (κ3) is 4.22. The van der Waals surface area contributed by atoms with Gasteiger partial charge in [0.25, 0.3) is 11.7 Å². The van der Waals surface area contributed by atoms with Gasteiger partial charge in [-0.1, -0.05) is 45.0 Å². The number of ether oxygens (including phenoxy) is 4. The van der Waals surface area contributed by atoms with Crippen molar-refractivity contribution in [2.24, 2.45) is 0 Å². The predicted octanol–water partition coefficient (Wildman–Crippen LogP) is 5.36. The Hall–Kier alpha value is -4.46. The fourth-order valence-electron chi connectivity index (χ4n) is 4.75. The first-order valence-corrected chi connectivity index (χ1v) is 12.2. The molecule has 38 heavy (non-hydrogen) atoms. The van der Waals surface area contributed by atoms with E-state index in [4.69, 9.17) is 18.9 Å². The maximum absolute atomic E-state index is 13.5. The second-order valence-corrected chi connectivity index (χ2v) is 10.1. The summed E-state index contributed by atoms with van der Waals surface area (Å²) >= 11 is 0. The number of aliphatic hydroxyl groups is 1. The van der Waals surface area contributed by atoms with Crippen LogP contribution >= 0.6 is 0 Å². The maximum atomic E-state index is 13.5. The molecule has 5 rings (SSSR count). The van der Waals surface area contributed by atoms with Crippen LogP contribution in [-0.2, 0) is 15.0 Å². The number of rotatable bonds is 5. The molecule has 0 radical (unpaired) electrons. The Balaban J connectivity index is 1.69. The zero-order valence-corrected chi connectivity index (χ0v) is 21.9. The Kier molecular flexibility index (Phi) is 6.26. The topological polar surface area (TPSA) is 94.5 Å². The third-order valence-electron chi connectivity index (χ3n) is 6.83. The van der Waals surface area contributed by atoms with E-state index in [0.717, 1.165) is 5.56 Å². The maximum Gasteiger partial charge on any atom is 0.300 e. The summed E-state index contributed by atoms with van der Waals surface area (Å²) in [5.74, 6) is 0.0350. The Labute approximate surface area is 221 Å². The summed E-state index contributed by atoms with van der Waals surface area (Å²) in [6, 6.07) is 16.7. The lowest BCUT2D eigenvalue weighted by molar-refractivity contribution is -0.132. The van der Waals surface area contributed by atoms with Gasteiger partial charge in [-0.25, -0.2) is 0 Å². The molecule has 1 fully saturated rings. The largest absolute Gasteiger partial charge is 0.507 e. The summed E-state index contributed by atoms with van der Waals surface area (Å²) in [5.41, 5.74) is 2.44. The van der Waals surface area contributed by atoms with Crippen molar-refractivity contribution in [3.8, 4) is 23.0 Å². The predicted molar refractivity (Wildman–Crippen MR) is 142 cm³/mol. The molecule has 196 valence electrons. The Morgan fingerprint density at radius 2 is 1.58 bits per heavy atom. The van der Waals surface area contributed by atoms with Crippen LogP contribution in [0.3, 0.4) is 0 Å². The van der Waals surface area contributed by atoms with Crippen molar-refractivity contribution in [1.82, 2.24) is 0 Å². The van der Waals surface area contributed by atoms with Gasteiger partial charge in [-0.05, 0) is 46.9 Å². The number of methoxy groups -OCH3 is 2. The molecule has 2 heterocycles. The van der Waals surface area contributed by atoms with Crippen molar-refractivity contribution in [1.29, 1.82) is 0 Å². The van der Waals surface area contributed by atoms with Gasteiger partial charge >= 0.3 is 0 Å². The van der Waals surface area contributed by atoms with Crippen LogP contribution in [0.15, 0.2) is 66.2 Å². The van der Waals surface area contributed by atoms with Crippen LogP contribution in [0.25, 0.3) is 5.76 Å². The van der Waals surface area contributed by atoms with E-state index in [2.05, 4.69) is 20.8 Å². The van der Waals surface area contributed by atoms with Gasteiger partial charge in [-0.15, -0.1) is 0 Å². The van der Waals surface area contributed by atoms with E-state index in [1.165, 1.54) is 19.1 Å².